The van der Waals surface area contributed by atoms with E-state index in [4.69, 9.17) is 0 Å². The Morgan fingerprint density at radius 1 is 1.26 bits per heavy atom. The fraction of sp³-hybridized carbons (Fsp3) is 0.353. The number of thiophene rings is 1. The van der Waals surface area contributed by atoms with Crippen molar-refractivity contribution in [1.82, 2.24) is 10.6 Å². The van der Waals surface area contributed by atoms with Gasteiger partial charge in [-0.05, 0) is 36.1 Å². The number of nitrogens with one attached hydrogen (secondary N) is 2. The molecule has 23 heavy (non-hydrogen) atoms. The summed E-state index contributed by atoms with van der Waals surface area (Å²) in [6, 6.07) is 10.8. The second-order valence-electron chi connectivity index (χ2n) is 5.19. The van der Waals surface area contributed by atoms with Gasteiger partial charge in [0.15, 0.2) is 5.96 Å². The average Bonchev–Trinajstić information content (AvgIpc) is 3.07. The van der Waals surface area contributed by atoms with E-state index in [1.54, 1.807) is 30.5 Å². The van der Waals surface area contributed by atoms with Crippen molar-refractivity contribution in [2.45, 2.75) is 13.0 Å². The van der Waals surface area contributed by atoms with Crippen LogP contribution < -0.4 is 15.5 Å². The minimum atomic E-state index is -0.203. The molecule has 1 aromatic carbocycles. The molecule has 0 fully saturated rings. The van der Waals surface area contributed by atoms with E-state index in [2.05, 4.69) is 27.1 Å². The number of benzene rings is 1. The molecular weight excluding hydrogens is 311 g/mol. The first-order chi connectivity index (χ1) is 11.2. The van der Waals surface area contributed by atoms with Crippen molar-refractivity contribution in [2.24, 2.45) is 4.99 Å². The SMILES string of the molecule is CN=C(NCCCN(C)c1cccc(F)c1)NCc1cccs1. The number of hydrogen-bond donors (Lipinski definition) is 2. The number of guanidine groups is 1. The highest BCUT2D eigenvalue weighted by molar-refractivity contribution is 7.09. The highest BCUT2D eigenvalue weighted by atomic mass is 32.1. The normalized spacial score (nSPS) is 11.3. The van der Waals surface area contributed by atoms with E-state index in [1.807, 2.05) is 24.1 Å². The van der Waals surface area contributed by atoms with Crippen LogP contribution in [0, 0.1) is 5.82 Å². The zero-order chi connectivity index (χ0) is 16.5. The first-order valence-corrected chi connectivity index (χ1v) is 8.50. The van der Waals surface area contributed by atoms with Gasteiger partial charge in [0.1, 0.15) is 5.82 Å². The molecule has 0 unspecified atom stereocenters. The summed E-state index contributed by atoms with van der Waals surface area (Å²) in [4.78, 5) is 7.53. The maximum absolute atomic E-state index is 13.2. The lowest BCUT2D eigenvalue weighted by Gasteiger charge is -2.19. The van der Waals surface area contributed by atoms with E-state index in [1.165, 1.54) is 10.9 Å². The van der Waals surface area contributed by atoms with E-state index in [-0.39, 0.29) is 5.82 Å². The number of rotatable bonds is 7. The molecule has 6 heteroatoms. The highest BCUT2D eigenvalue weighted by Gasteiger charge is 2.03. The third kappa shape index (κ3) is 5.90. The molecule has 4 nitrogen and oxygen atoms in total. The van der Waals surface area contributed by atoms with Gasteiger partial charge in [-0.1, -0.05) is 12.1 Å². The van der Waals surface area contributed by atoms with Crippen LogP contribution in [0.25, 0.3) is 0 Å². The van der Waals surface area contributed by atoms with Crippen molar-refractivity contribution in [1.29, 1.82) is 0 Å². The first-order valence-electron chi connectivity index (χ1n) is 7.62. The van der Waals surface area contributed by atoms with Gasteiger partial charge in [0, 0.05) is 37.7 Å². The van der Waals surface area contributed by atoms with Gasteiger partial charge in [0.2, 0.25) is 0 Å². The molecule has 0 radical (unpaired) electrons. The third-order valence-electron chi connectivity index (χ3n) is 3.45. The van der Waals surface area contributed by atoms with Gasteiger partial charge in [0.25, 0.3) is 0 Å². The average molecular weight is 334 g/mol. The van der Waals surface area contributed by atoms with Gasteiger partial charge in [-0.3, -0.25) is 4.99 Å². The Labute approximate surface area is 141 Å². The summed E-state index contributed by atoms with van der Waals surface area (Å²) >= 11 is 1.72. The van der Waals surface area contributed by atoms with Crippen molar-refractivity contribution >= 4 is 23.0 Å². The minimum Gasteiger partial charge on any atom is -0.374 e. The Hall–Kier alpha value is -2.08. The molecule has 0 saturated heterocycles. The van der Waals surface area contributed by atoms with Gasteiger partial charge in [0.05, 0.1) is 6.54 Å². The Bertz CT molecular complexity index is 613. The van der Waals surface area contributed by atoms with Crippen molar-refractivity contribution < 1.29 is 4.39 Å². The number of anilines is 1. The van der Waals surface area contributed by atoms with Gasteiger partial charge in [-0.15, -0.1) is 11.3 Å². The standard InChI is InChI=1S/C17H23FN4S/c1-19-17(21-13-16-8-4-11-23-16)20-9-5-10-22(2)15-7-3-6-14(18)12-15/h3-4,6-8,11-12H,5,9-10,13H2,1-2H3,(H2,19,20,21). The van der Waals surface area contributed by atoms with Crippen LogP contribution in [0.5, 0.6) is 0 Å². The summed E-state index contributed by atoms with van der Waals surface area (Å²) in [7, 11) is 3.74. The molecule has 2 aromatic rings. The monoisotopic (exact) mass is 334 g/mol. The molecule has 0 bridgehead atoms. The topological polar surface area (TPSA) is 39.7 Å². The van der Waals surface area contributed by atoms with Crippen LogP contribution in [0.2, 0.25) is 0 Å². The summed E-state index contributed by atoms with van der Waals surface area (Å²) in [5.74, 6) is 0.595. The van der Waals surface area contributed by atoms with Gasteiger partial charge in [-0.2, -0.15) is 0 Å². The number of hydrogen-bond acceptors (Lipinski definition) is 3. The van der Waals surface area contributed by atoms with Crippen molar-refractivity contribution in [3.63, 3.8) is 0 Å². The highest BCUT2D eigenvalue weighted by Crippen LogP contribution is 2.13. The summed E-state index contributed by atoms with van der Waals surface area (Å²) in [6.45, 7) is 2.43. The third-order valence-corrected chi connectivity index (χ3v) is 4.32. The van der Waals surface area contributed by atoms with Gasteiger partial charge in [-0.25, -0.2) is 4.39 Å². The molecular formula is C17H23FN4S. The molecule has 0 atom stereocenters. The quantitative estimate of drug-likeness (QED) is 0.464. The van der Waals surface area contributed by atoms with E-state index in [0.717, 1.165) is 37.7 Å². The Morgan fingerprint density at radius 3 is 2.83 bits per heavy atom. The van der Waals surface area contributed by atoms with E-state index in [0.29, 0.717) is 0 Å². The van der Waals surface area contributed by atoms with Crippen LogP contribution >= 0.6 is 11.3 Å². The zero-order valence-electron chi connectivity index (χ0n) is 13.6. The molecule has 0 aliphatic heterocycles. The van der Waals surface area contributed by atoms with Crippen molar-refractivity contribution in [2.75, 3.05) is 32.1 Å². The van der Waals surface area contributed by atoms with Crippen LogP contribution in [0.15, 0.2) is 46.8 Å². The second-order valence-corrected chi connectivity index (χ2v) is 6.22. The molecule has 1 heterocycles. The first kappa shape index (κ1) is 17.3. The van der Waals surface area contributed by atoms with Crippen LogP contribution in [0.1, 0.15) is 11.3 Å². The van der Waals surface area contributed by atoms with Crippen LogP contribution in [-0.2, 0) is 6.54 Å². The number of nitrogens with zero attached hydrogens (tertiary/aromatic N) is 2. The van der Waals surface area contributed by atoms with Crippen LogP contribution in [0.4, 0.5) is 10.1 Å². The van der Waals surface area contributed by atoms with Crippen molar-refractivity contribution in [3.05, 3.63) is 52.5 Å². The lowest BCUT2D eigenvalue weighted by Crippen LogP contribution is -2.38. The molecule has 0 saturated carbocycles. The largest absolute Gasteiger partial charge is 0.374 e. The molecule has 0 aliphatic rings. The number of aliphatic imine (C=N–C) groups is 1. The molecule has 2 rings (SSSR count). The van der Waals surface area contributed by atoms with Crippen LogP contribution in [-0.4, -0.2) is 33.1 Å². The number of halogens is 1. The lowest BCUT2D eigenvalue weighted by atomic mass is 10.2. The van der Waals surface area contributed by atoms with E-state index < -0.39 is 0 Å². The molecule has 1 aromatic heterocycles. The van der Waals surface area contributed by atoms with Gasteiger partial charge < -0.3 is 15.5 Å². The summed E-state index contributed by atoms with van der Waals surface area (Å²) in [5.41, 5.74) is 0.894. The van der Waals surface area contributed by atoms with E-state index in [9.17, 15) is 4.39 Å². The Balaban J connectivity index is 1.67. The maximum atomic E-state index is 13.2. The maximum Gasteiger partial charge on any atom is 0.191 e. The van der Waals surface area contributed by atoms with Crippen LogP contribution in [0.3, 0.4) is 0 Å². The molecule has 0 aliphatic carbocycles. The summed E-state index contributed by atoms with van der Waals surface area (Å²) in [5, 5.41) is 8.64. The minimum absolute atomic E-state index is 0.203. The summed E-state index contributed by atoms with van der Waals surface area (Å²) < 4.78 is 13.2. The smallest absolute Gasteiger partial charge is 0.191 e. The predicted octanol–water partition coefficient (Wildman–Crippen LogP) is 3.08. The molecule has 2 N–H and O–H groups in total. The van der Waals surface area contributed by atoms with Crippen molar-refractivity contribution in [3.8, 4) is 0 Å². The molecule has 124 valence electrons. The predicted molar refractivity (Wildman–Crippen MR) is 96.8 cm³/mol. The lowest BCUT2D eigenvalue weighted by molar-refractivity contribution is 0.626. The molecule has 0 spiro atoms. The zero-order valence-corrected chi connectivity index (χ0v) is 14.4. The fourth-order valence-corrected chi connectivity index (χ4v) is 2.81. The van der Waals surface area contributed by atoms with Gasteiger partial charge >= 0.3 is 0 Å². The summed E-state index contributed by atoms with van der Waals surface area (Å²) in [6.07, 6.45) is 0.937. The Kier molecular flexibility index (Phi) is 6.87. The molecule has 0 amide bonds. The Morgan fingerprint density at radius 2 is 2.13 bits per heavy atom. The van der Waals surface area contributed by atoms with E-state index >= 15 is 0 Å². The fourth-order valence-electron chi connectivity index (χ4n) is 2.17. The second kappa shape index (κ2) is 9.15.